The summed E-state index contributed by atoms with van der Waals surface area (Å²) in [5.74, 6) is 1.09. The summed E-state index contributed by atoms with van der Waals surface area (Å²) in [5, 5.41) is 3.37. The van der Waals surface area contributed by atoms with E-state index in [4.69, 9.17) is 4.74 Å². The van der Waals surface area contributed by atoms with E-state index in [0.717, 1.165) is 31.7 Å². The fourth-order valence-electron chi connectivity index (χ4n) is 2.62. The van der Waals surface area contributed by atoms with Gasteiger partial charge in [0.15, 0.2) is 0 Å². The maximum Gasteiger partial charge on any atom is 0.122 e. The van der Waals surface area contributed by atoms with E-state index in [1.165, 1.54) is 17.5 Å². The fourth-order valence-corrected chi connectivity index (χ4v) is 2.62. The van der Waals surface area contributed by atoms with E-state index in [9.17, 15) is 0 Å². The number of rotatable bonds is 6. The van der Waals surface area contributed by atoms with Crippen LogP contribution in [0.4, 0.5) is 0 Å². The van der Waals surface area contributed by atoms with Gasteiger partial charge in [-0.3, -0.25) is 0 Å². The van der Waals surface area contributed by atoms with Crippen LogP contribution >= 0.6 is 0 Å². The first-order valence-electron chi connectivity index (χ1n) is 6.79. The molecule has 1 unspecified atom stereocenters. The Morgan fingerprint density at radius 3 is 2.94 bits per heavy atom. The summed E-state index contributed by atoms with van der Waals surface area (Å²) in [7, 11) is 6.22. The van der Waals surface area contributed by atoms with Crippen LogP contribution in [0.25, 0.3) is 0 Å². The molecule has 1 aromatic rings. The number of ether oxygens (including phenoxy) is 1. The lowest BCUT2D eigenvalue weighted by Gasteiger charge is -2.14. The van der Waals surface area contributed by atoms with Crippen molar-refractivity contribution in [3.8, 4) is 5.75 Å². The standard InChI is InChI=1S/C15H24N2O/c1-16-14-9-8-13-12(14)6-4-7-15(13)18-11-5-10-17(2)3/h4,6-7,14,16H,5,8-11H2,1-3H3. The van der Waals surface area contributed by atoms with Gasteiger partial charge in [-0.15, -0.1) is 0 Å². The van der Waals surface area contributed by atoms with Gasteiger partial charge in [-0.1, -0.05) is 12.1 Å². The minimum absolute atomic E-state index is 0.505. The van der Waals surface area contributed by atoms with Crippen molar-refractivity contribution in [2.75, 3.05) is 34.3 Å². The largest absolute Gasteiger partial charge is 0.493 e. The molecule has 0 aromatic heterocycles. The predicted molar refractivity (Wildman–Crippen MR) is 75.2 cm³/mol. The third-order valence-electron chi connectivity index (χ3n) is 3.58. The van der Waals surface area contributed by atoms with Crippen LogP contribution in [0, 0.1) is 0 Å². The Hall–Kier alpha value is -1.06. The van der Waals surface area contributed by atoms with Crippen LogP contribution in [-0.4, -0.2) is 39.2 Å². The molecule has 0 spiro atoms. The summed E-state index contributed by atoms with van der Waals surface area (Å²) in [6.07, 6.45) is 3.39. The van der Waals surface area contributed by atoms with Crippen molar-refractivity contribution in [1.29, 1.82) is 0 Å². The van der Waals surface area contributed by atoms with E-state index in [0.29, 0.717) is 6.04 Å². The zero-order chi connectivity index (χ0) is 13.0. The van der Waals surface area contributed by atoms with Gasteiger partial charge in [-0.05, 0) is 57.6 Å². The summed E-state index contributed by atoms with van der Waals surface area (Å²) in [6, 6.07) is 6.93. The Labute approximate surface area is 110 Å². The topological polar surface area (TPSA) is 24.5 Å². The van der Waals surface area contributed by atoms with Crippen molar-refractivity contribution in [2.45, 2.75) is 25.3 Å². The molecule has 2 rings (SSSR count). The second kappa shape index (κ2) is 6.21. The molecule has 1 aromatic carbocycles. The van der Waals surface area contributed by atoms with Gasteiger partial charge in [0.05, 0.1) is 6.61 Å². The van der Waals surface area contributed by atoms with Gasteiger partial charge in [-0.2, -0.15) is 0 Å². The number of nitrogens with zero attached hydrogens (tertiary/aromatic N) is 1. The Kier molecular flexibility index (Phi) is 4.61. The van der Waals surface area contributed by atoms with Crippen LogP contribution in [-0.2, 0) is 6.42 Å². The molecular weight excluding hydrogens is 224 g/mol. The van der Waals surface area contributed by atoms with E-state index >= 15 is 0 Å². The summed E-state index contributed by atoms with van der Waals surface area (Å²) in [4.78, 5) is 2.19. The highest BCUT2D eigenvalue weighted by molar-refractivity contribution is 5.45. The lowest BCUT2D eigenvalue weighted by atomic mass is 10.1. The van der Waals surface area contributed by atoms with Crippen molar-refractivity contribution in [3.63, 3.8) is 0 Å². The molecular formula is C15H24N2O. The first kappa shape index (κ1) is 13.4. The Morgan fingerprint density at radius 1 is 1.39 bits per heavy atom. The number of hydrogen-bond donors (Lipinski definition) is 1. The molecule has 0 radical (unpaired) electrons. The SMILES string of the molecule is CNC1CCc2c(OCCCN(C)C)cccc21. The van der Waals surface area contributed by atoms with Crippen molar-refractivity contribution < 1.29 is 4.74 Å². The van der Waals surface area contributed by atoms with Gasteiger partial charge < -0.3 is 15.0 Å². The number of fused-ring (bicyclic) bond motifs is 1. The molecule has 3 nitrogen and oxygen atoms in total. The molecule has 1 aliphatic rings. The quantitative estimate of drug-likeness (QED) is 0.781. The van der Waals surface area contributed by atoms with Gasteiger partial charge in [0.1, 0.15) is 5.75 Å². The van der Waals surface area contributed by atoms with Gasteiger partial charge in [0.25, 0.3) is 0 Å². The van der Waals surface area contributed by atoms with Crippen molar-refractivity contribution in [3.05, 3.63) is 29.3 Å². The monoisotopic (exact) mass is 248 g/mol. The van der Waals surface area contributed by atoms with Gasteiger partial charge >= 0.3 is 0 Å². The van der Waals surface area contributed by atoms with Gasteiger partial charge in [0.2, 0.25) is 0 Å². The minimum atomic E-state index is 0.505. The third kappa shape index (κ3) is 3.03. The second-order valence-corrected chi connectivity index (χ2v) is 5.21. The average Bonchev–Trinajstić information content (AvgIpc) is 2.78. The first-order valence-corrected chi connectivity index (χ1v) is 6.79. The molecule has 100 valence electrons. The normalized spacial score (nSPS) is 18.1. The summed E-state index contributed by atoms with van der Waals surface area (Å²) < 4.78 is 5.94. The Morgan fingerprint density at radius 2 is 2.22 bits per heavy atom. The minimum Gasteiger partial charge on any atom is -0.493 e. The van der Waals surface area contributed by atoms with Crippen LogP contribution in [0.5, 0.6) is 5.75 Å². The second-order valence-electron chi connectivity index (χ2n) is 5.21. The average molecular weight is 248 g/mol. The zero-order valence-electron chi connectivity index (χ0n) is 11.7. The molecule has 0 saturated carbocycles. The number of nitrogens with one attached hydrogen (secondary N) is 1. The van der Waals surface area contributed by atoms with E-state index < -0.39 is 0 Å². The summed E-state index contributed by atoms with van der Waals surface area (Å²) in [6.45, 7) is 1.88. The van der Waals surface area contributed by atoms with Crippen LogP contribution in [0.3, 0.4) is 0 Å². The zero-order valence-corrected chi connectivity index (χ0v) is 11.7. The van der Waals surface area contributed by atoms with Crippen molar-refractivity contribution >= 4 is 0 Å². The first-order chi connectivity index (χ1) is 8.72. The van der Waals surface area contributed by atoms with Crippen LogP contribution in [0.1, 0.15) is 30.0 Å². The van der Waals surface area contributed by atoms with Gasteiger partial charge in [0, 0.05) is 12.6 Å². The summed E-state index contributed by atoms with van der Waals surface area (Å²) >= 11 is 0. The maximum atomic E-state index is 5.94. The molecule has 0 heterocycles. The molecule has 0 fully saturated rings. The Bertz CT molecular complexity index is 390. The van der Waals surface area contributed by atoms with E-state index in [1.807, 2.05) is 7.05 Å². The highest BCUT2D eigenvalue weighted by Gasteiger charge is 2.23. The predicted octanol–water partition coefficient (Wildman–Crippen LogP) is 2.22. The number of hydrogen-bond acceptors (Lipinski definition) is 3. The molecule has 1 aliphatic carbocycles. The highest BCUT2D eigenvalue weighted by atomic mass is 16.5. The highest BCUT2D eigenvalue weighted by Crippen LogP contribution is 2.36. The van der Waals surface area contributed by atoms with Crippen molar-refractivity contribution in [1.82, 2.24) is 10.2 Å². The maximum absolute atomic E-state index is 5.94. The van der Waals surface area contributed by atoms with Crippen molar-refractivity contribution in [2.24, 2.45) is 0 Å². The molecule has 1 atom stereocenters. The van der Waals surface area contributed by atoms with E-state index in [1.54, 1.807) is 0 Å². The molecule has 0 bridgehead atoms. The fraction of sp³-hybridized carbons (Fsp3) is 0.600. The molecule has 1 N–H and O–H groups in total. The molecule has 18 heavy (non-hydrogen) atoms. The summed E-state index contributed by atoms with van der Waals surface area (Å²) in [5.41, 5.74) is 2.82. The number of benzene rings is 1. The lowest BCUT2D eigenvalue weighted by Crippen LogP contribution is -2.16. The molecule has 3 heteroatoms. The van der Waals surface area contributed by atoms with Crippen LogP contribution in [0.15, 0.2) is 18.2 Å². The molecule has 0 amide bonds. The third-order valence-corrected chi connectivity index (χ3v) is 3.58. The smallest absolute Gasteiger partial charge is 0.122 e. The molecule has 0 aliphatic heterocycles. The van der Waals surface area contributed by atoms with E-state index in [-0.39, 0.29) is 0 Å². The van der Waals surface area contributed by atoms with Crippen LogP contribution < -0.4 is 10.1 Å². The molecule has 0 saturated heterocycles. The van der Waals surface area contributed by atoms with Crippen LogP contribution in [0.2, 0.25) is 0 Å². The van der Waals surface area contributed by atoms with Gasteiger partial charge in [-0.25, -0.2) is 0 Å². The Balaban J connectivity index is 1.96. The lowest BCUT2D eigenvalue weighted by molar-refractivity contribution is 0.279. The van der Waals surface area contributed by atoms with E-state index in [2.05, 4.69) is 42.5 Å².